The molecule has 1 heterocycles. The number of carboxylic acid groups (broad SMARTS) is 1. The largest absolute Gasteiger partial charge is 0.481 e. The van der Waals surface area contributed by atoms with Crippen molar-refractivity contribution in [3.63, 3.8) is 0 Å². The number of carbonyl (C=O) groups excluding carboxylic acids is 1. The van der Waals surface area contributed by atoms with Crippen LogP contribution in [0.25, 0.3) is 11.1 Å². The zero-order valence-corrected chi connectivity index (χ0v) is 14.5. The normalized spacial score (nSPS) is 18.2. The Morgan fingerprint density at radius 2 is 1.77 bits per heavy atom. The Hall–Kier alpha value is -2.86. The van der Waals surface area contributed by atoms with E-state index in [1.165, 1.54) is 4.90 Å². The van der Waals surface area contributed by atoms with Crippen LogP contribution in [0.2, 0.25) is 0 Å². The molecule has 136 valence electrons. The van der Waals surface area contributed by atoms with E-state index in [0.29, 0.717) is 12.4 Å². The molecule has 2 aromatic carbocycles. The number of rotatable bonds is 5. The first-order chi connectivity index (χ1) is 12.6. The van der Waals surface area contributed by atoms with E-state index in [0.717, 1.165) is 11.1 Å². The summed E-state index contributed by atoms with van der Waals surface area (Å²) < 4.78 is 10.9. The van der Waals surface area contributed by atoms with Crippen molar-refractivity contribution >= 4 is 11.9 Å². The molecule has 2 atom stereocenters. The van der Waals surface area contributed by atoms with Crippen LogP contribution in [0.4, 0.5) is 0 Å². The van der Waals surface area contributed by atoms with Gasteiger partial charge in [0, 0.05) is 6.54 Å². The van der Waals surface area contributed by atoms with Gasteiger partial charge in [-0.3, -0.25) is 4.79 Å². The van der Waals surface area contributed by atoms with Crippen molar-refractivity contribution in [3.8, 4) is 16.9 Å². The van der Waals surface area contributed by atoms with Gasteiger partial charge in [-0.1, -0.05) is 42.5 Å². The minimum Gasteiger partial charge on any atom is -0.481 e. The minimum atomic E-state index is -1.07. The van der Waals surface area contributed by atoms with Crippen LogP contribution in [-0.4, -0.2) is 53.8 Å². The van der Waals surface area contributed by atoms with Crippen molar-refractivity contribution in [2.45, 2.75) is 19.1 Å². The summed E-state index contributed by atoms with van der Waals surface area (Å²) in [6.45, 7) is 2.20. The number of carbonyl (C=O) groups is 2. The Balaban J connectivity index is 1.66. The molecule has 3 rings (SSSR count). The van der Waals surface area contributed by atoms with Crippen LogP contribution in [0.5, 0.6) is 5.75 Å². The van der Waals surface area contributed by atoms with Gasteiger partial charge in [0.05, 0.1) is 13.2 Å². The number of hydrogen-bond donors (Lipinski definition) is 1. The van der Waals surface area contributed by atoms with E-state index < -0.39 is 18.1 Å². The van der Waals surface area contributed by atoms with Gasteiger partial charge in [-0.15, -0.1) is 0 Å². The first-order valence-corrected chi connectivity index (χ1v) is 8.49. The van der Waals surface area contributed by atoms with E-state index in [4.69, 9.17) is 9.47 Å². The number of nitrogens with zero attached hydrogens (tertiary/aromatic N) is 1. The molecule has 1 saturated heterocycles. The van der Waals surface area contributed by atoms with Crippen LogP contribution in [-0.2, 0) is 14.3 Å². The molecule has 1 N–H and O–H groups in total. The van der Waals surface area contributed by atoms with Crippen molar-refractivity contribution in [1.29, 1.82) is 0 Å². The molecule has 2 aromatic rings. The Kier molecular flexibility index (Phi) is 5.53. The quantitative estimate of drug-likeness (QED) is 0.891. The Bertz CT molecular complexity index is 760. The number of carboxylic acids is 1. The topological polar surface area (TPSA) is 76.1 Å². The molecular weight excluding hydrogens is 334 g/mol. The highest BCUT2D eigenvalue weighted by atomic mass is 16.5. The molecule has 0 radical (unpaired) electrons. The van der Waals surface area contributed by atoms with Gasteiger partial charge in [0.1, 0.15) is 5.75 Å². The summed E-state index contributed by atoms with van der Waals surface area (Å²) in [6.07, 6.45) is -0.780. The summed E-state index contributed by atoms with van der Waals surface area (Å²) >= 11 is 0. The highest BCUT2D eigenvalue weighted by molar-refractivity contribution is 5.86. The second-order valence-electron chi connectivity index (χ2n) is 6.11. The molecule has 1 fully saturated rings. The zero-order valence-electron chi connectivity index (χ0n) is 14.5. The fraction of sp³-hybridized carbons (Fsp3) is 0.300. The van der Waals surface area contributed by atoms with Gasteiger partial charge in [-0.2, -0.15) is 0 Å². The third-order valence-electron chi connectivity index (χ3n) is 4.32. The highest BCUT2D eigenvalue weighted by Crippen LogP contribution is 2.23. The maximum absolute atomic E-state index is 12.6. The smallest absolute Gasteiger partial charge is 0.328 e. The Labute approximate surface area is 152 Å². The molecule has 1 amide bonds. The number of amides is 1. The van der Waals surface area contributed by atoms with Crippen molar-refractivity contribution in [2.24, 2.45) is 0 Å². The van der Waals surface area contributed by atoms with Gasteiger partial charge in [0.2, 0.25) is 0 Å². The van der Waals surface area contributed by atoms with E-state index in [1.807, 2.05) is 42.5 Å². The molecule has 1 aliphatic heterocycles. The van der Waals surface area contributed by atoms with Crippen LogP contribution in [0, 0.1) is 0 Å². The average molecular weight is 355 g/mol. The van der Waals surface area contributed by atoms with Crippen LogP contribution < -0.4 is 4.74 Å². The molecule has 0 bridgehead atoms. The van der Waals surface area contributed by atoms with E-state index in [1.54, 1.807) is 19.1 Å². The number of aliphatic carboxylic acids is 1. The molecule has 0 saturated carbocycles. The fourth-order valence-corrected chi connectivity index (χ4v) is 2.92. The summed E-state index contributed by atoms with van der Waals surface area (Å²) in [5.41, 5.74) is 2.15. The summed E-state index contributed by atoms with van der Waals surface area (Å²) in [4.78, 5) is 25.2. The first-order valence-electron chi connectivity index (χ1n) is 8.49. The lowest BCUT2D eigenvalue weighted by molar-refractivity contribution is -0.161. The second kappa shape index (κ2) is 8.01. The zero-order chi connectivity index (χ0) is 18.5. The van der Waals surface area contributed by atoms with Crippen molar-refractivity contribution in [1.82, 2.24) is 4.90 Å². The second-order valence-corrected chi connectivity index (χ2v) is 6.11. The lowest BCUT2D eigenvalue weighted by atomic mass is 10.1. The third-order valence-corrected chi connectivity index (χ3v) is 4.32. The molecule has 0 aliphatic carbocycles. The van der Waals surface area contributed by atoms with Crippen molar-refractivity contribution < 1.29 is 24.2 Å². The SMILES string of the molecule is CC(Oc1ccc(-c2ccccc2)cc1)C(=O)N1CCOCC1C(=O)O. The molecule has 0 aromatic heterocycles. The maximum Gasteiger partial charge on any atom is 0.328 e. The number of ether oxygens (including phenoxy) is 2. The van der Waals surface area contributed by atoms with Gasteiger partial charge in [0.25, 0.3) is 5.91 Å². The molecule has 6 heteroatoms. The molecule has 6 nitrogen and oxygen atoms in total. The van der Waals surface area contributed by atoms with E-state index in [9.17, 15) is 14.7 Å². The predicted octanol–water partition coefficient (Wildman–Crippen LogP) is 2.43. The fourth-order valence-electron chi connectivity index (χ4n) is 2.92. The summed E-state index contributed by atoms with van der Waals surface area (Å²) in [6, 6.07) is 16.4. The van der Waals surface area contributed by atoms with E-state index >= 15 is 0 Å². The molecule has 1 aliphatic rings. The lowest BCUT2D eigenvalue weighted by Gasteiger charge is -2.34. The third kappa shape index (κ3) is 4.03. The maximum atomic E-state index is 12.6. The Morgan fingerprint density at radius 3 is 2.42 bits per heavy atom. The van der Waals surface area contributed by atoms with Gasteiger partial charge in [-0.05, 0) is 30.2 Å². The van der Waals surface area contributed by atoms with E-state index in [2.05, 4.69) is 0 Å². The Morgan fingerprint density at radius 1 is 1.12 bits per heavy atom. The molecule has 0 spiro atoms. The molecular formula is C20H21NO5. The van der Waals surface area contributed by atoms with Crippen LogP contribution in [0.1, 0.15) is 6.92 Å². The van der Waals surface area contributed by atoms with Crippen molar-refractivity contribution in [3.05, 3.63) is 54.6 Å². The predicted molar refractivity (Wildman–Crippen MR) is 95.9 cm³/mol. The van der Waals surface area contributed by atoms with Gasteiger partial charge in [-0.25, -0.2) is 4.79 Å². The average Bonchev–Trinajstić information content (AvgIpc) is 2.68. The number of benzene rings is 2. The summed E-state index contributed by atoms with van der Waals surface area (Å²) in [7, 11) is 0. The van der Waals surface area contributed by atoms with Crippen molar-refractivity contribution in [2.75, 3.05) is 19.8 Å². The van der Waals surface area contributed by atoms with Crippen LogP contribution in [0.3, 0.4) is 0 Å². The van der Waals surface area contributed by atoms with Gasteiger partial charge < -0.3 is 19.5 Å². The first kappa shape index (κ1) is 17.9. The highest BCUT2D eigenvalue weighted by Gasteiger charge is 2.35. The monoisotopic (exact) mass is 355 g/mol. The standard InChI is InChI=1S/C20H21NO5/c1-14(19(22)21-11-12-25-13-18(21)20(23)24)26-17-9-7-16(8-10-17)15-5-3-2-4-6-15/h2-10,14,18H,11-13H2,1H3,(H,23,24). The number of hydrogen-bond acceptors (Lipinski definition) is 4. The number of morpholine rings is 1. The summed E-state index contributed by atoms with van der Waals surface area (Å²) in [5.74, 6) is -0.865. The van der Waals surface area contributed by atoms with Gasteiger partial charge in [0.15, 0.2) is 12.1 Å². The lowest BCUT2D eigenvalue weighted by Crippen LogP contribution is -2.55. The minimum absolute atomic E-state index is 0.000431. The van der Waals surface area contributed by atoms with Crippen LogP contribution in [0.15, 0.2) is 54.6 Å². The summed E-state index contributed by atoms with van der Waals surface area (Å²) in [5, 5.41) is 9.25. The van der Waals surface area contributed by atoms with Crippen LogP contribution >= 0.6 is 0 Å². The molecule has 2 unspecified atom stereocenters. The van der Waals surface area contributed by atoms with Gasteiger partial charge >= 0.3 is 5.97 Å². The van der Waals surface area contributed by atoms with E-state index in [-0.39, 0.29) is 19.1 Å². The molecule has 26 heavy (non-hydrogen) atoms.